The first kappa shape index (κ1) is 29.9. The molecule has 0 fully saturated rings. The van der Waals surface area contributed by atoms with Crippen molar-refractivity contribution < 1.29 is 0 Å². The zero-order valence-electron chi connectivity index (χ0n) is 25.3. The van der Waals surface area contributed by atoms with E-state index in [9.17, 15) is 0 Å². The zero-order chi connectivity index (χ0) is 28.8. The van der Waals surface area contributed by atoms with Crippen LogP contribution in [0, 0.1) is 0 Å². The van der Waals surface area contributed by atoms with Gasteiger partial charge in [0.05, 0.1) is 0 Å². The Morgan fingerprint density at radius 1 is 0.325 bits per heavy atom. The summed E-state index contributed by atoms with van der Waals surface area (Å²) in [5.74, 6) is 0. The average Bonchev–Trinajstić information content (AvgIpc) is 2.96. The molecule has 0 amide bonds. The van der Waals surface area contributed by atoms with Crippen LogP contribution in [-0.2, 0) is 0 Å². The number of hydrogen-bond acceptors (Lipinski definition) is 4. The maximum atomic E-state index is 2.35. The zero-order valence-corrected chi connectivity index (χ0v) is 27.1. The highest BCUT2D eigenvalue weighted by atomic mass is 31.1. The van der Waals surface area contributed by atoms with Gasteiger partial charge in [-0.25, -0.2) is 0 Å². The van der Waals surface area contributed by atoms with E-state index in [-0.39, 0.29) is 0 Å². The van der Waals surface area contributed by atoms with Crippen LogP contribution in [0.1, 0.15) is 0 Å². The minimum absolute atomic E-state index is 0.498. The third-order valence-electron chi connectivity index (χ3n) is 7.26. The van der Waals surface area contributed by atoms with Gasteiger partial charge in [-0.15, -0.1) is 0 Å². The van der Waals surface area contributed by atoms with Crippen LogP contribution in [0.25, 0.3) is 0 Å². The second kappa shape index (κ2) is 13.5. The molecular weight excluding hydrogens is 526 g/mol. The Kier molecular flexibility index (Phi) is 10.1. The molecule has 6 heteroatoms. The van der Waals surface area contributed by atoms with Gasteiger partial charge in [0.25, 0.3) is 0 Å². The number of anilines is 4. The predicted molar refractivity (Wildman–Crippen MR) is 185 cm³/mol. The van der Waals surface area contributed by atoms with E-state index in [1.165, 1.54) is 44.0 Å². The number of hydrogen-bond donors (Lipinski definition) is 0. The standard InChI is InChI=1S/C34H44N4P2/c1-35(2)27-9-17-31(18-10-27)39(32-19-11-28(12-20-32)36(3)4)25-26-40(33-21-13-29(14-22-33)37(5)6)34-23-15-30(16-24-34)38(7)8/h9-24H,25-26H2,1-8H3. The molecule has 0 unspecified atom stereocenters. The first-order valence-corrected chi connectivity index (χ1v) is 16.8. The fourth-order valence-corrected chi connectivity index (χ4v) is 10.0. The Hall–Kier alpha value is -3.06. The summed E-state index contributed by atoms with van der Waals surface area (Å²) in [7, 11) is 15.8. The molecule has 0 bridgehead atoms. The quantitative estimate of drug-likeness (QED) is 0.220. The van der Waals surface area contributed by atoms with Gasteiger partial charge in [0.2, 0.25) is 0 Å². The molecule has 4 aromatic rings. The summed E-state index contributed by atoms with van der Waals surface area (Å²) in [6, 6.07) is 36.9. The van der Waals surface area contributed by atoms with Crippen molar-refractivity contribution in [2.24, 2.45) is 0 Å². The second-order valence-corrected chi connectivity index (χ2v) is 15.6. The fourth-order valence-electron chi connectivity index (χ4n) is 4.74. The van der Waals surface area contributed by atoms with E-state index >= 15 is 0 Å². The van der Waals surface area contributed by atoms with E-state index in [1.807, 2.05) is 0 Å². The van der Waals surface area contributed by atoms with Crippen LogP contribution in [0.5, 0.6) is 0 Å². The van der Waals surface area contributed by atoms with Gasteiger partial charge in [-0.1, -0.05) is 48.5 Å². The summed E-state index contributed by atoms with van der Waals surface area (Å²) in [5.41, 5.74) is 4.97. The number of benzene rings is 4. The van der Waals surface area contributed by atoms with Crippen molar-refractivity contribution in [1.82, 2.24) is 0 Å². The van der Waals surface area contributed by atoms with Crippen LogP contribution in [0.15, 0.2) is 97.1 Å². The lowest BCUT2D eigenvalue weighted by Gasteiger charge is -2.26. The van der Waals surface area contributed by atoms with Crippen LogP contribution < -0.4 is 40.8 Å². The van der Waals surface area contributed by atoms with E-state index in [4.69, 9.17) is 0 Å². The lowest BCUT2D eigenvalue weighted by molar-refractivity contribution is 1.13. The summed E-state index contributed by atoms with van der Waals surface area (Å²) in [6.07, 6.45) is 2.29. The molecule has 0 radical (unpaired) electrons. The minimum atomic E-state index is -0.498. The molecule has 0 saturated carbocycles. The minimum Gasteiger partial charge on any atom is -0.378 e. The highest BCUT2D eigenvalue weighted by Gasteiger charge is 2.20. The van der Waals surface area contributed by atoms with E-state index in [0.717, 1.165) is 12.3 Å². The fraction of sp³-hybridized carbons (Fsp3) is 0.294. The first-order chi connectivity index (χ1) is 19.1. The third-order valence-corrected chi connectivity index (χ3v) is 12.6. The summed E-state index contributed by atoms with van der Waals surface area (Å²) >= 11 is 0. The highest BCUT2D eigenvalue weighted by Crippen LogP contribution is 2.42. The topological polar surface area (TPSA) is 13.0 Å². The van der Waals surface area contributed by atoms with Gasteiger partial charge >= 0.3 is 0 Å². The maximum absolute atomic E-state index is 2.35. The normalized spacial score (nSPS) is 11.2. The van der Waals surface area contributed by atoms with Crippen molar-refractivity contribution in [2.75, 3.05) is 88.3 Å². The van der Waals surface area contributed by atoms with Crippen molar-refractivity contribution in [3.8, 4) is 0 Å². The van der Waals surface area contributed by atoms with Gasteiger partial charge in [-0.3, -0.25) is 0 Å². The smallest absolute Gasteiger partial charge is 0.0361 e. The Balaban J connectivity index is 1.69. The maximum Gasteiger partial charge on any atom is 0.0361 e. The van der Waals surface area contributed by atoms with Crippen LogP contribution in [-0.4, -0.2) is 68.7 Å². The molecule has 40 heavy (non-hydrogen) atoms. The largest absolute Gasteiger partial charge is 0.378 e. The molecule has 0 aliphatic heterocycles. The monoisotopic (exact) mass is 570 g/mol. The van der Waals surface area contributed by atoms with E-state index in [2.05, 4.69) is 173 Å². The molecular formula is C34H44N4P2. The molecule has 0 aliphatic rings. The van der Waals surface area contributed by atoms with Crippen LogP contribution >= 0.6 is 15.8 Å². The molecule has 0 aromatic heterocycles. The SMILES string of the molecule is CN(C)c1ccc(P(CCP(c2ccc(N(C)C)cc2)c2ccc(N(C)C)cc2)c2ccc(N(C)C)cc2)cc1. The van der Waals surface area contributed by atoms with Crippen molar-refractivity contribution >= 4 is 59.8 Å². The van der Waals surface area contributed by atoms with Gasteiger partial charge in [-0.2, -0.15) is 0 Å². The summed E-state index contributed by atoms with van der Waals surface area (Å²) < 4.78 is 0. The molecule has 0 atom stereocenters. The molecule has 0 N–H and O–H groups in total. The van der Waals surface area contributed by atoms with E-state index in [1.54, 1.807) is 0 Å². The van der Waals surface area contributed by atoms with Gasteiger partial charge in [0, 0.05) is 79.1 Å². The Morgan fingerprint density at radius 2 is 0.500 bits per heavy atom. The molecule has 0 spiro atoms. The lowest BCUT2D eigenvalue weighted by atomic mass is 10.3. The predicted octanol–water partition coefficient (Wildman–Crippen LogP) is 5.52. The number of rotatable bonds is 11. The molecule has 0 saturated heterocycles. The second-order valence-electron chi connectivity index (χ2n) is 10.9. The molecule has 4 nitrogen and oxygen atoms in total. The molecule has 4 rings (SSSR count). The van der Waals surface area contributed by atoms with Crippen molar-refractivity contribution in [2.45, 2.75) is 0 Å². The summed E-state index contributed by atoms with van der Waals surface area (Å²) in [6.45, 7) is 0. The van der Waals surface area contributed by atoms with Gasteiger partial charge in [0.1, 0.15) is 0 Å². The molecule has 0 aliphatic carbocycles. The molecule has 210 valence electrons. The van der Waals surface area contributed by atoms with Crippen molar-refractivity contribution in [1.29, 1.82) is 0 Å². The first-order valence-electron chi connectivity index (χ1n) is 13.8. The Morgan fingerprint density at radius 3 is 0.650 bits per heavy atom. The lowest BCUT2D eigenvalue weighted by Crippen LogP contribution is -2.21. The molecule has 0 heterocycles. The van der Waals surface area contributed by atoms with E-state index in [0.29, 0.717) is 0 Å². The Labute approximate surface area is 244 Å². The number of nitrogens with zero attached hydrogens (tertiary/aromatic N) is 4. The van der Waals surface area contributed by atoms with Crippen LogP contribution in [0.3, 0.4) is 0 Å². The van der Waals surface area contributed by atoms with Crippen LogP contribution in [0.2, 0.25) is 0 Å². The highest BCUT2D eigenvalue weighted by molar-refractivity contribution is 7.76. The van der Waals surface area contributed by atoms with Gasteiger partial charge in [0.15, 0.2) is 0 Å². The van der Waals surface area contributed by atoms with Crippen LogP contribution in [0.4, 0.5) is 22.7 Å². The van der Waals surface area contributed by atoms with E-state index < -0.39 is 15.8 Å². The molecule has 4 aromatic carbocycles. The third kappa shape index (κ3) is 7.36. The average molecular weight is 571 g/mol. The summed E-state index contributed by atoms with van der Waals surface area (Å²) in [5, 5.41) is 5.77. The van der Waals surface area contributed by atoms with Gasteiger partial charge < -0.3 is 19.6 Å². The summed E-state index contributed by atoms with van der Waals surface area (Å²) in [4.78, 5) is 8.69. The van der Waals surface area contributed by atoms with Crippen molar-refractivity contribution in [3.05, 3.63) is 97.1 Å². The Bertz CT molecular complexity index is 1120. The van der Waals surface area contributed by atoms with Crippen molar-refractivity contribution in [3.63, 3.8) is 0 Å². The van der Waals surface area contributed by atoms with Gasteiger partial charge in [-0.05, 0) is 97.9 Å².